The van der Waals surface area contributed by atoms with E-state index in [0.717, 1.165) is 27.8 Å². The van der Waals surface area contributed by atoms with Crippen molar-refractivity contribution in [3.05, 3.63) is 54.2 Å². The van der Waals surface area contributed by atoms with E-state index in [0.29, 0.717) is 12.8 Å². The highest BCUT2D eigenvalue weighted by Gasteiger charge is 2.08. The summed E-state index contributed by atoms with van der Waals surface area (Å²) in [6, 6.07) is 13.3. The molecule has 5 nitrogen and oxygen atoms in total. The maximum absolute atomic E-state index is 12.1. The molecule has 1 aromatic heterocycles. The van der Waals surface area contributed by atoms with E-state index in [2.05, 4.69) is 15.5 Å². The van der Waals surface area contributed by atoms with Crippen molar-refractivity contribution in [2.75, 3.05) is 11.1 Å². The molecule has 0 saturated heterocycles. The smallest absolute Gasteiger partial charge is 0.224 e. The molecule has 0 saturated carbocycles. The zero-order valence-corrected chi connectivity index (χ0v) is 11.5. The number of aromatic amines is 1. The second-order valence-electron chi connectivity index (χ2n) is 4.89. The van der Waals surface area contributed by atoms with E-state index >= 15 is 0 Å². The number of aromatic nitrogens is 2. The molecule has 0 aliphatic rings. The van der Waals surface area contributed by atoms with Gasteiger partial charge in [-0.25, -0.2) is 0 Å². The molecule has 21 heavy (non-hydrogen) atoms. The van der Waals surface area contributed by atoms with Crippen LogP contribution in [-0.2, 0) is 11.2 Å². The van der Waals surface area contributed by atoms with Gasteiger partial charge < -0.3 is 11.1 Å². The highest BCUT2D eigenvalue weighted by Crippen LogP contribution is 2.21. The van der Waals surface area contributed by atoms with Crippen LogP contribution in [0.25, 0.3) is 10.9 Å². The van der Waals surface area contributed by atoms with Gasteiger partial charge in [0.25, 0.3) is 0 Å². The van der Waals surface area contributed by atoms with Gasteiger partial charge in [-0.1, -0.05) is 30.3 Å². The minimum absolute atomic E-state index is 0.0413. The number of rotatable bonds is 4. The van der Waals surface area contributed by atoms with Crippen LogP contribution in [0.15, 0.2) is 48.7 Å². The first kappa shape index (κ1) is 13.2. The molecule has 1 amide bonds. The van der Waals surface area contributed by atoms with Crippen LogP contribution in [0.4, 0.5) is 11.4 Å². The summed E-state index contributed by atoms with van der Waals surface area (Å²) in [7, 11) is 0. The average molecular weight is 280 g/mol. The van der Waals surface area contributed by atoms with Gasteiger partial charge in [0, 0.05) is 17.5 Å². The SMILES string of the molecule is Nc1ccccc1CCC(=O)Nc1cccc2cn[nH]c12. The Bertz CT molecular complexity index is 779. The largest absolute Gasteiger partial charge is 0.399 e. The molecule has 0 radical (unpaired) electrons. The van der Waals surface area contributed by atoms with Crippen molar-refractivity contribution >= 4 is 28.2 Å². The molecular formula is C16H16N4O. The summed E-state index contributed by atoms with van der Waals surface area (Å²) in [6.07, 6.45) is 2.74. The Kier molecular flexibility index (Phi) is 3.55. The fourth-order valence-corrected chi connectivity index (χ4v) is 2.30. The van der Waals surface area contributed by atoms with E-state index in [9.17, 15) is 4.79 Å². The third-order valence-electron chi connectivity index (χ3n) is 3.43. The number of nitrogens with one attached hydrogen (secondary N) is 2. The summed E-state index contributed by atoms with van der Waals surface area (Å²) in [5.74, 6) is -0.0413. The van der Waals surface area contributed by atoms with Crippen molar-refractivity contribution < 1.29 is 4.79 Å². The summed E-state index contributed by atoms with van der Waals surface area (Å²) < 4.78 is 0. The molecule has 3 aromatic rings. The van der Waals surface area contributed by atoms with Crippen LogP contribution in [0.5, 0.6) is 0 Å². The van der Waals surface area contributed by atoms with Crippen molar-refractivity contribution in [2.24, 2.45) is 0 Å². The van der Waals surface area contributed by atoms with Gasteiger partial charge in [-0.15, -0.1) is 0 Å². The molecule has 0 aliphatic heterocycles. The molecule has 1 heterocycles. The lowest BCUT2D eigenvalue weighted by molar-refractivity contribution is -0.116. The molecule has 0 fully saturated rings. The maximum Gasteiger partial charge on any atom is 0.224 e. The lowest BCUT2D eigenvalue weighted by Crippen LogP contribution is -2.13. The number of benzene rings is 2. The summed E-state index contributed by atoms with van der Waals surface area (Å²) in [4.78, 5) is 12.1. The quantitative estimate of drug-likeness (QED) is 0.642. The number of anilines is 2. The zero-order chi connectivity index (χ0) is 14.7. The van der Waals surface area contributed by atoms with Crippen LogP contribution in [0.3, 0.4) is 0 Å². The number of para-hydroxylation sites is 2. The molecule has 5 heteroatoms. The topological polar surface area (TPSA) is 83.8 Å². The molecule has 0 spiro atoms. The van der Waals surface area contributed by atoms with Crippen LogP contribution in [0.2, 0.25) is 0 Å². The van der Waals surface area contributed by atoms with Gasteiger partial charge in [-0.2, -0.15) is 5.10 Å². The Morgan fingerprint density at radius 1 is 1.19 bits per heavy atom. The number of hydrogen-bond donors (Lipinski definition) is 3. The molecular weight excluding hydrogens is 264 g/mol. The van der Waals surface area contributed by atoms with E-state index in [4.69, 9.17) is 5.73 Å². The van der Waals surface area contributed by atoms with E-state index in [1.54, 1.807) is 6.20 Å². The first-order valence-electron chi connectivity index (χ1n) is 6.79. The van der Waals surface area contributed by atoms with Crippen LogP contribution in [-0.4, -0.2) is 16.1 Å². The van der Waals surface area contributed by atoms with Crippen molar-refractivity contribution in [2.45, 2.75) is 12.8 Å². The molecule has 4 N–H and O–H groups in total. The maximum atomic E-state index is 12.1. The van der Waals surface area contributed by atoms with Gasteiger partial charge >= 0.3 is 0 Å². The van der Waals surface area contributed by atoms with E-state index in [1.165, 1.54) is 0 Å². The second kappa shape index (κ2) is 5.66. The second-order valence-corrected chi connectivity index (χ2v) is 4.89. The first-order valence-corrected chi connectivity index (χ1v) is 6.79. The number of carbonyl (C=O) groups is 1. The highest BCUT2D eigenvalue weighted by atomic mass is 16.1. The van der Waals surface area contributed by atoms with Crippen molar-refractivity contribution in [1.82, 2.24) is 10.2 Å². The predicted molar refractivity (Wildman–Crippen MR) is 83.9 cm³/mol. The number of carbonyl (C=O) groups excluding carboxylic acids is 1. The number of amides is 1. The number of nitrogens with two attached hydrogens (primary N) is 1. The Balaban J connectivity index is 1.67. The molecule has 0 unspecified atom stereocenters. The third kappa shape index (κ3) is 2.86. The van der Waals surface area contributed by atoms with Crippen molar-refractivity contribution in [3.8, 4) is 0 Å². The molecule has 0 atom stereocenters. The fourth-order valence-electron chi connectivity index (χ4n) is 2.30. The average Bonchev–Trinajstić information content (AvgIpc) is 2.96. The van der Waals surface area contributed by atoms with Gasteiger partial charge in [-0.05, 0) is 24.1 Å². The van der Waals surface area contributed by atoms with Crippen LogP contribution in [0, 0.1) is 0 Å². The lowest BCUT2D eigenvalue weighted by atomic mass is 10.1. The van der Waals surface area contributed by atoms with E-state index in [1.807, 2.05) is 42.5 Å². The Hall–Kier alpha value is -2.82. The summed E-state index contributed by atoms with van der Waals surface area (Å²) in [5.41, 5.74) is 9.18. The Morgan fingerprint density at radius 3 is 2.90 bits per heavy atom. The van der Waals surface area contributed by atoms with Gasteiger partial charge in [0.15, 0.2) is 0 Å². The molecule has 3 rings (SSSR count). The summed E-state index contributed by atoms with van der Waals surface area (Å²) in [6.45, 7) is 0. The zero-order valence-electron chi connectivity index (χ0n) is 11.5. The van der Waals surface area contributed by atoms with Gasteiger partial charge in [0.1, 0.15) is 0 Å². The monoisotopic (exact) mass is 280 g/mol. The Morgan fingerprint density at radius 2 is 2.05 bits per heavy atom. The van der Waals surface area contributed by atoms with Gasteiger partial charge in [0.2, 0.25) is 5.91 Å². The number of nitrogens with zero attached hydrogens (tertiary/aromatic N) is 1. The van der Waals surface area contributed by atoms with Gasteiger partial charge in [0.05, 0.1) is 17.4 Å². The lowest BCUT2D eigenvalue weighted by Gasteiger charge is -2.07. The van der Waals surface area contributed by atoms with Gasteiger partial charge in [-0.3, -0.25) is 9.89 Å². The van der Waals surface area contributed by atoms with Crippen LogP contribution >= 0.6 is 0 Å². The fraction of sp³-hybridized carbons (Fsp3) is 0.125. The number of fused-ring (bicyclic) bond motifs is 1. The molecule has 2 aromatic carbocycles. The van der Waals surface area contributed by atoms with Crippen LogP contribution in [0.1, 0.15) is 12.0 Å². The van der Waals surface area contributed by atoms with Crippen molar-refractivity contribution in [1.29, 1.82) is 0 Å². The standard InChI is InChI=1S/C16H16N4O/c17-13-6-2-1-4-11(13)8-9-15(21)19-14-7-3-5-12-10-18-20-16(12)14/h1-7,10H,8-9,17H2,(H,18,20)(H,19,21). The number of aryl methyl sites for hydroxylation is 1. The molecule has 0 aliphatic carbocycles. The van der Waals surface area contributed by atoms with E-state index in [-0.39, 0.29) is 5.91 Å². The third-order valence-corrected chi connectivity index (χ3v) is 3.43. The number of H-pyrrole nitrogens is 1. The molecule has 0 bridgehead atoms. The minimum Gasteiger partial charge on any atom is -0.399 e. The minimum atomic E-state index is -0.0413. The van der Waals surface area contributed by atoms with E-state index < -0.39 is 0 Å². The normalized spacial score (nSPS) is 10.7. The predicted octanol–water partition coefficient (Wildman–Crippen LogP) is 2.72. The van der Waals surface area contributed by atoms with Crippen LogP contribution < -0.4 is 11.1 Å². The number of hydrogen-bond acceptors (Lipinski definition) is 3. The van der Waals surface area contributed by atoms with Crippen molar-refractivity contribution in [3.63, 3.8) is 0 Å². The Labute approximate surface area is 122 Å². The first-order chi connectivity index (χ1) is 10.2. The number of nitrogen functional groups attached to an aromatic ring is 1. The molecule has 106 valence electrons. The summed E-state index contributed by atoms with van der Waals surface area (Å²) >= 11 is 0. The summed E-state index contributed by atoms with van der Waals surface area (Å²) in [5, 5.41) is 10.8. The highest BCUT2D eigenvalue weighted by molar-refractivity contribution is 6.00.